The van der Waals surface area contributed by atoms with Crippen LogP contribution in [0.15, 0.2) is 18.2 Å². The van der Waals surface area contributed by atoms with Gasteiger partial charge >= 0.3 is 0 Å². The van der Waals surface area contributed by atoms with Gasteiger partial charge in [-0.2, -0.15) is 0 Å². The Hall–Kier alpha value is -1.62. The van der Waals surface area contributed by atoms with Crippen molar-refractivity contribution in [1.29, 1.82) is 0 Å². The molecule has 0 saturated carbocycles. The Morgan fingerprint density at radius 1 is 1.50 bits per heavy atom. The van der Waals surface area contributed by atoms with E-state index < -0.39 is 0 Å². The number of aryl methyl sites for hydroxylation is 1. The minimum absolute atomic E-state index is 0.0460. The molecule has 1 saturated heterocycles. The Bertz CT molecular complexity index is 487. The minimum Gasteiger partial charge on any atom is -0.389 e. The van der Waals surface area contributed by atoms with Gasteiger partial charge in [-0.1, -0.05) is 24.4 Å². The summed E-state index contributed by atoms with van der Waals surface area (Å²) >= 11 is 5.09. The standard InChI is InChI=1S/C13H17N3OS/c1-9-4-2-5-10(13(14)18)12(9)16-7-3-6-15-11(17)8-16/h2,4-5H,3,6-8H2,1H3,(H2,14,18)(H,15,17). The van der Waals surface area contributed by atoms with Gasteiger partial charge < -0.3 is 16.0 Å². The fourth-order valence-corrected chi connectivity index (χ4v) is 2.44. The number of nitrogens with zero attached hydrogens (tertiary/aromatic N) is 1. The third-order valence-corrected chi connectivity index (χ3v) is 3.30. The van der Waals surface area contributed by atoms with Crippen LogP contribution in [0.3, 0.4) is 0 Å². The predicted octanol–water partition coefficient (Wildman–Crippen LogP) is 0.956. The average Bonchev–Trinajstić information content (AvgIpc) is 2.53. The maximum atomic E-state index is 11.6. The first-order chi connectivity index (χ1) is 8.59. The number of carbonyl (C=O) groups excluding carboxylic acids is 1. The normalized spacial score (nSPS) is 16.1. The van der Waals surface area contributed by atoms with Crippen LogP contribution in [0.4, 0.5) is 5.69 Å². The van der Waals surface area contributed by atoms with Crippen LogP contribution in [0, 0.1) is 6.92 Å². The molecule has 0 atom stereocenters. The topological polar surface area (TPSA) is 58.4 Å². The first-order valence-electron chi connectivity index (χ1n) is 6.00. The lowest BCUT2D eigenvalue weighted by Gasteiger charge is -2.26. The Balaban J connectivity index is 2.42. The van der Waals surface area contributed by atoms with Gasteiger partial charge in [0.1, 0.15) is 4.99 Å². The number of nitrogens with one attached hydrogen (secondary N) is 1. The Labute approximate surface area is 112 Å². The van der Waals surface area contributed by atoms with Crippen molar-refractivity contribution in [3.63, 3.8) is 0 Å². The van der Waals surface area contributed by atoms with Gasteiger partial charge in [0.25, 0.3) is 0 Å². The van der Waals surface area contributed by atoms with Gasteiger partial charge in [0.2, 0.25) is 5.91 Å². The third-order valence-electron chi connectivity index (χ3n) is 3.08. The molecule has 1 amide bonds. The Morgan fingerprint density at radius 3 is 3.00 bits per heavy atom. The summed E-state index contributed by atoms with van der Waals surface area (Å²) in [4.78, 5) is 14.1. The predicted molar refractivity (Wildman–Crippen MR) is 76.9 cm³/mol. The van der Waals surface area contributed by atoms with Crippen LogP contribution in [0.5, 0.6) is 0 Å². The fourth-order valence-electron chi connectivity index (χ4n) is 2.27. The number of amides is 1. The molecule has 3 N–H and O–H groups in total. The van der Waals surface area contributed by atoms with Gasteiger partial charge in [-0.05, 0) is 25.0 Å². The van der Waals surface area contributed by atoms with E-state index in [1.54, 1.807) is 0 Å². The molecule has 4 nitrogen and oxygen atoms in total. The first kappa shape index (κ1) is 12.8. The van der Waals surface area contributed by atoms with Crippen molar-refractivity contribution in [3.8, 4) is 0 Å². The Morgan fingerprint density at radius 2 is 2.28 bits per heavy atom. The van der Waals surface area contributed by atoms with Gasteiger partial charge in [0, 0.05) is 18.7 Å². The molecule has 1 aliphatic rings. The van der Waals surface area contributed by atoms with Crippen molar-refractivity contribution in [3.05, 3.63) is 29.3 Å². The number of hydrogen-bond acceptors (Lipinski definition) is 3. The molecule has 0 unspecified atom stereocenters. The fraction of sp³-hybridized carbons (Fsp3) is 0.385. The van der Waals surface area contributed by atoms with E-state index in [2.05, 4.69) is 10.2 Å². The maximum absolute atomic E-state index is 11.6. The lowest BCUT2D eigenvalue weighted by atomic mass is 10.1. The van der Waals surface area contributed by atoms with Crippen LogP contribution in [-0.4, -0.2) is 30.5 Å². The highest BCUT2D eigenvalue weighted by Crippen LogP contribution is 2.25. The van der Waals surface area contributed by atoms with Gasteiger partial charge in [-0.25, -0.2) is 0 Å². The number of carbonyl (C=O) groups is 1. The molecule has 1 fully saturated rings. The molecule has 5 heteroatoms. The van der Waals surface area contributed by atoms with Gasteiger partial charge in [0.15, 0.2) is 0 Å². The Kier molecular flexibility index (Phi) is 3.81. The molecule has 0 aliphatic carbocycles. The molecule has 2 rings (SSSR count). The molecule has 0 spiro atoms. The van der Waals surface area contributed by atoms with E-state index in [9.17, 15) is 4.79 Å². The number of anilines is 1. The van der Waals surface area contributed by atoms with Crippen molar-refractivity contribution in [2.75, 3.05) is 24.5 Å². The maximum Gasteiger partial charge on any atom is 0.239 e. The highest BCUT2D eigenvalue weighted by atomic mass is 32.1. The van der Waals surface area contributed by atoms with Crippen LogP contribution in [0.1, 0.15) is 17.5 Å². The average molecular weight is 263 g/mol. The van der Waals surface area contributed by atoms with Crippen molar-refractivity contribution in [1.82, 2.24) is 5.32 Å². The zero-order valence-corrected chi connectivity index (χ0v) is 11.2. The minimum atomic E-state index is 0.0460. The molecule has 1 aromatic rings. The molecule has 1 heterocycles. The summed E-state index contributed by atoms with van der Waals surface area (Å²) in [7, 11) is 0. The SMILES string of the molecule is Cc1cccc(C(N)=S)c1N1CCCNC(=O)C1. The summed E-state index contributed by atoms with van der Waals surface area (Å²) in [5.41, 5.74) is 8.70. The van der Waals surface area contributed by atoms with Crippen molar-refractivity contribution >= 4 is 28.8 Å². The van der Waals surface area contributed by atoms with Crippen molar-refractivity contribution < 1.29 is 4.79 Å². The summed E-state index contributed by atoms with van der Waals surface area (Å²) in [6, 6.07) is 5.86. The summed E-state index contributed by atoms with van der Waals surface area (Å²) < 4.78 is 0. The lowest BCUT2D eigenvalue weighted by Crippen LogP contribution is -2.34. The largest absolute Gasteiger partial charge is 0.389 e. The van der Waals surface area contributed by atoms with E-state index in [1.807, 2.05) is 25.1 Å². The van der Waals surface area contributed by atoms with Gasteiger partial charge in [-0.15, -0.1) is 0 Å². The summed E-state index contributed by atoms with van der Waals surface area (Å²) in [6.45, 7) is 3.93. The number of para-hydroxylation sites is 1. The van der Waals surface area contributed by atoms with Gasteiger partial charge in [0.05, 0.1) is 12.2 Å². The molecule has 18 heavy (non-hydrogen) atoms. The molecular formula is C13H17N3OS. The highest BCUT2D eigenvalue weighted by Gasteiger charge is 2.19. The highest BCUT2D eigenvalue weighted by molar-refractivity contribution is 7.80. The van der Waals surface area contributed by atoms with E-state index in [0.717, 1.165) is 36.3 Å². The summed E-state index contributed by atoms with van der Waals surface area (Å²) in [6.07, 6.45) is 0.927. The van der Waals surface area contributed by atoms with E-state index in [-0.39, 0.29) is 5.91 Å². The van der Waals surface area contributed by atoms with Crippen molar-refractivity contribution in [2.24, 2.45) is 5.73 Å². The molecule has 96 valence electrons. The number of benzene rings is 1. The second-order valence-corrected chi connectivity index (χ2v) is 4.90. The number of hydrogen-bond donors (Lipinski definition) is 2. The molecule has 0 radical (unpaired) electrons. The molecule has 0 aromatic heterocycles. The number of nitrogens with two attached hydrogens (primary N) is 1. The zero-order chi connectivity index (χ0) is 13.1. The van der Waals surface area contributed by atoms with E-state index >= 15 is 0 Å². The smallest absolute Gasteiger partial charge is 0.239 e. The molecule has 1 aromatic carbocycles. The molecule has 1 aliphatic heterocycles. The van der Waals surface area contributed by atoms with Crippen LogP contribution in [0.2, 0.25) is 0 Å². The van der Waals surface area contributed by atoms with E-state index in [0.29, 0.717) is 11.5 Å². The zero-order valence-electron chi connectivity index (χ0n) is 10.4. The lowest BCUT2D eigenvalue weighted by molar-refractivity contribution is -0.119. The quantitative estimate of drug-likeness (QED) is 0.780. The molecule has 0 bridgehead atoms. The number of thiocarbonyl (C=S) groups is 1. The monoisotopic (exact) mass is 263 g/mol. The van der Waals surface area contributed by atoms with E-state index in [1.165, 1.54) is 0 Å². The number of rotatable bonds is 2. The van der Waals surface area contributed by atoms with E-state index in [4.69, 9.17) is 18.0 Å². The van der Waals surface area contributed by atoms with Crippen LogP contribution in [0.25, 0.3) is 0 Å². The third kappa shape index (κ3) is 2.61. The second kappa shape index (κ2) is 5.35. The molecular weight excluding hydrogens is 246 g/mol. The first-order valence-corrected chi connectivity index (χ1v) is 6.41. The summed E-state index contributed by atoms with van der Waals surface area (Å²) in [5.74, 6) is 0.0460. The van der Waals surface area contributed by atoms with Gasteiger partial charge in [-0.3, -0.25) is 4.79 Å². The van der Waals surface area contributed by atoms with Crippen LogP contribution >= 0.6 is 12.2 Å². The van der Waals surface area contributed by atoms with Crippen LogP contribution < -0.4 is 16.0 Å². The van der Waals surface area contributed by atoms with Crippen LogP contribution in [-0.2, 0) is 4.79 Å². The van der Waals surface area contributed by atoms with Crippen molar-refractivity contribution in [2.45, 2.75) is 13.3 Å². The second-order valence-electron chi connectivity index (χ2n) is 4.46. The summed E-state index contributed by atoms with van der Waals surface area (Å²) in [5, 5.41) is 2.87.